The number of aromatic nitrogens is 1. The summed E-state index contributed by atoms with van der Waals surface area (Å²) in [5.41, 5.74) is 2.82. The molecule has 1 aliphatic carbocycles. The van der Waals surface area contributed by atoms with Crippen molar-refractivity contribution in [3.8, 4) is 0 Å². The molecule has 0 radical (unpaired) electrons. The molecule has 0 saturated heterocycles. The number of nitrogens with one attached hydrogen (secondary N) is 1. The Bertz CT molecular complexity index is 537. The van der Waals surface area contributed by atoms with Crippen molar-refractivity contribution in [2.75, 3.05) is 7.05 Å². The maximum Gasteiger partial charge on any atom is 0.0480 e. The SMILES string of the molecule is CNC(C)Cc1ccc2c(ccn2CC2CC2)c1. The summed E-state index contributed by atoms with van der Waals surface area (Å²) in [5.74, 6) is 0.935. The lowest BCUT2D eigenvalue weighted by Gasteiger charge is -2.10. The Morgan fingerprint density at radius 3 is 2.89 bits per heavy atom. The Kier molecular flexibility index (Phi) is 3.13. The number of hydrogen-bond acceptors (Lipinski definition) is 1. The summed E-state index contributed by atoms with van der Waals surface area (Å²) in [6.45, 7) is 3.43. The van der Waals surface area contributed by atoms with Gasteiger partial charge in [-0.1, -0.05) is 6.07 Å². The zero-order chi connectivity index (χ0) is 12.5. The molecule has 3 rings (SSSR count). The van der Waals surface area contributed by atoms with Gasteiger partial charge >= 0.3 is 0 Å². The lowest BCUT2D eigenvalue weighted by Crippen LogP contribution is -2.23. The van der Waals surface area contributed by atoms with Crippen LogP contribution in [0, 0.1) is 5.92 Å². The van der Waals surface area contributed by atoms with Crippen LogP contribution in [-0.2, 0) is 13.0 Å². The molecule has 0 amide bonds. The summed E-state index contributed by atoms with van der Waals surface area (Å²) >= 11 is 0. The Morgan fingerprint density at radius 2 is 2.17 bits per heavy atom. The maximum atomic E-state index is 3.30. The van der Waals surface area contributed by atoms with Crippen molar-refractivity contribution in [2.24, 2.45) is 5.92 Å². The molecule has 1 aromatic heterocycles. The third-order valence-corrected chi connectivity index (χ3v) is 4.02. The van der Waals surface area contributed by atoms with E-state index in [4.69, 9.17) is 0 Å². The first-order valence-corrected chi connectivity index (χ1v) is 7.01. The molecule has 1 fully saturated rings. The number of hydrogen-bond donors (Lipinski definition) is 1. The molecule has 1 unspecified atom stereocenters. The number of likely N-dealkylation sites (N-methyl/N-ethyl adjacent to an activating group) is 1. The quantitative estimate of drug-likeness (QED) is 0.852. The molecule has 1 N–H and O–H groups in total. The summed E-state index contributed by atoms with van der Waals surface area (Å²) in [4.78, 5) is 0. The lowest BCUT2D eigenvalue weighted by molar-refractivity contribution is 0.609. The van der Waals surface area contributed by atoms with Gasteiger partial charge in [0, 0.05) is 24.3 Å². The van der Waals surface area contributed by atoms with Gasteiger partial charge < -0.3 is 9.88 Å². The Hall–Kier alpha value is -1.28. The van der Waals surface area contributed by atoms with Crippen molar-refractivity contribution in [3.05, 3.63) is 36.0 Å². The predicted octanol–water partition coefficient (Wildman–Crippen LogP) is 3.20. The van der Waals surface area contributed by atoms with Crippen LogP contribution in [0.25, 0.3) is 10.9 Å². The predicted molar refractivity (Wildman–Crippen MR) is 76.9 cm³/mol. The largest absolute Gasteiger partial charge is 0.347 e. The van der Waals surface area contributed by atoms with Crippen molar-refractivity contribution in [3.63, 3.8) is 0 Å². The topological polar surface area (TPSA) is 17.0 Å². The molecule has 96 valence electrons. The smallest absolute Gasteiger partial charge is 0.0480 e. The molecule has 1 aromatic carbocycles. The summed E-state index contributed by atoms with van der Waals surface area (Å²) in [7, 11) is 2.02. The van der Waals surface area contributed by atoms with Crippen LogP contribution >= 0.6 is 0 Å². The van der Waals surface area contributed by atoms with Crippen LogP contribution in [0.2, 0.25) is 0 Å². The monoisotopic (exact) mass is 242 g/mol. The van der Waals surface area contributed by atoms with Crippen molar-refractivity contribution < 1.29 is 0 Å². The van der Waals surface area contributed by atoms with E-state index >= 15 is 0 Å². The van der Waals surface area contributed by atoms with Gasteiger partial charge in [0.1, 0.15) is 0 Å². The van der Waals surface area contributed by atoms with Gasteiger partial charge in [0.15, 0.2) is 0 Å². The van der Waals surface area contributed by atoms with Gasteiger partial charge in [0.05, 0.1) is 0 Å². The highest BCUT2D eigenvalue weighted by Crippen LogP contribution is 2.32. The highest BCUT2D eigenvalue weighted by molar-refractivity contribution is 5.80. The minimum absolute atomic E-state index is 0.538. The average Bonchev–Trinajstić information content (AvgIpc) is 3.10. The Labute approximate surface area is 109 Å². The van der Waals surface area contributed by atoms with Gasteiger partial charge in [-0.3, -0.25) is 0 Å². The minimum Gasteiger partial charge on any atom is -0.347 e. The normalized spacial score (nSPS) is 17.2. The fourth-order valence-corrected chi connectivity index (χ4v) is 2.57. The van der Waals surface area contributed by atoms with Gasteiger partial charge in [-0.05, 0) is 68.3 Å². The molecule has 18 heavy (non-hydrogen) atoms. The van der Waals surface area contributed by atoms with Crippen LogP contribution < -0.4 is 5.32 Å². The van der Waals surface area contributed by atoms with Gasteiger partial charge in [-0.15, -0.1) is 0 Å². The molecular formula is C16H22N2. The van der Waals surface area contributed by atoms with E-state index in [0.29, 0.717) is 6.04 Å². The van der Waals surface area contributed by atoms with Crippen molar-refractivity contribution in [2.45, 2.75) is 38.8 Å². The molecule has 0 bridgehead atoms. The zero-order valence-electron chi connectivity index (χ0n) is 11.3. The van der Waals surface area contributed by atoms with E-state index in [2.05, 4.69) is 47.3 Å². The zero-order valence-corrected chi connectivity index (χ0v) is 11.3. The van der Waals surface area contributed by atoms with E-state index in [9.17, 15) is 0 Å². The van der Waals surface area contributed by atoms with E-state index in [1.807, 2.05) is 7.05 Å². The van der Waals surface area contributed by atoms with E-state index in [1.54, 1.807) is 0 Å². The Morgan fingerprint density at radius 1 is 1.33 bits per heavy atom. The number of fused-ring (bicyclic) bond motifs is 1. The van der Waals surface area contributed by atoms with E-state index in [1.165, 1.54) is 35.9 Å². The van der Waals surface area contributed by atoms with E-state index in [-0.39, 0.29) is 0 Å². The first-order valence-electron chi connectivity index (χ1n) is 7.01. The molecule has 0 aliphatic heterocycles. The first kappa shape index (κ1) is 11.8. The molecule has 2 nitrogen and oxygen atoms in total. The molecule has 2 aromatic rings. The van der Waals surface area contributed by atoms with Crippen molar-refractivity contribution >= 4 is 10.9 Å². The fraction of sp³-hybridized carbons (Fsp3) is 0.500. The molecule has 1 aliphatic rings. The van der Waals surface area contributed by atoms with Crippen LogP contribution in [0.3, 0.4) is 0 Å². The molecule has 1 atom stereocenters. The summed E-state index contributed by atoms with van der Waals surface area (Å²) in [6.07, 6.45) is 6.17. The van der Waals surface area contributed by atoms with Crippen molar-refractivity contribution in [1.82, 2.24) is 9.88 Å². The fourth-order valence-electron chi connectivity index (χ4n) is 2.57. The highest BCUT2D eigenvalue weighted by Gasteiger charge is 2.21. The molecule has 2 heteroatoms. The van der Waals surface area contributed by atoms with Crippen LogP contribution in [0.5, 0.6) is 0 Å². The second-order valence-corrected chi connectivity index (χ2v) is 5.70. The molecule has 1 heterocycles. The van der Waals surface area contributed by atoms with Gasteiger partial charge in [0.25, 0.3) is 0 Å². The first-order chi connectivity index (χ1) is 8.76. The van der Waals surface area contributed by atoms with E-state index < -0.39 is 0 Å². The third-order valence-electron chi connectivity index (χ3n) is 4.02. The number of nitrogens with zero attached hydrogens (tertiary/aromatic N) is 1. The van der Waals surface area contributed by atoms with Gasteiger partial charge in [-0.2, -0.15) is 0 Å². The summed E-state index contributed by atoms with van der Waals surface area (Å²) < 4.78 is 2.41. The average molecular weight is 242 g/mol. The van der Waals surface area contributed by atoms with Gasteiger partial charge in [0.2, 0.25) is 0 Å². The van der Waals surface area contributed by atoms with Crippen LogP contribution in [-0.4, -0.2) is 17.7 Å². The number of rotatable bonds is 5. The Balaban J connectivity index is 1.84. The molecule has 0 spiro atoms. The maximum absolute atomic E-state index is 3.30. The van der Waals surface area contributed by atoms with E-state index in [0.717, 1.165) is 12.3 Å². The summed E-state index contributed by atoms with van der Waals surface area (Å²) in [6, 6.07) is 9.70. The second kappa shape index (κ2) is 4.77. The second-order valence-electron chi connectivity index (χ2n) is 5.70. The number of benzene rings is 1. The molecule has 1 saturated carbocycles. The van der Waals surface area contributed by atoms with Gasteiger partial charge in [-0.25, -0.2) is 0 Å². The van der Waals surface area contributed by atoms with Crippen LogP contribution in [0.15, 0.2) is 30.5 Å². The molecular weight excluding hydrogens is 220 g/mol. The standard InChI is InChI=1S/C16H22N2/c1-12(17-2)9-14-5-6-16-15(10-14)7-8-18(16)11-13-3-4-13/h5-8,10,12-13,17H,3-4,9,11H2,1-2H3. The highest BCUT2D eigenvalue weighted by atomic mass is 15.0. The van der Waals surface area contributed by atoms with Crippen molar-refractivity contribution in [1.29, 1.82) is 0 Å². The minimum atomic E-state index is 0.538. The summed E-state index contributed by atoms with van der Waals surface area (Å²) in [5, 5.41) is 4.68. The third kappa shape index (κ3) is 2.44. The van der Waals surface area contributed by atoms with Crippen LogP contribution in [0.4, 0.5) is 0 Å². The van der Waals surface area contributed by atoms with Crippen LogP contribution in [0.1, 0.15) is 25.3 Å². The lowest BCUT2D eigenvalue weighted by atomic mass is 10.1.